The van der Waals surface area contributed by atoms with E-state index in [-0.39, 0.29) is 5.75 Å². The number of hydrogen-bond donors (Lipinski definition) is 1. The number of nitrogens with zero attached hydrogens (tertiary/aromatic N) is 3. The molecule has 3 aromatic rings. The van der Waals surface area contributed by atoms with Crippen molar-refractivity contribution in [2.24, 2.45) is 0 Å². The molecule has 0 amide bonds. The third kappa shape index (κ3) is 1.68. The first kappa shape index (κ1) is 10.6. The smallest absolute Gasteiger partial charge is 0.160 e. The van der Waals surface area contributed by atoms with Crippen LogP contribution in [0.15, 0.2) is 42.6 Å². The maximum Gasteiger partial charge on any atom is 0.160 e. The predicted molar refractivity (Wildman–Crippen MR) is 72.9 cm³/mol. The van der Waals surface area contributed by atoms with Gasteiger partial charge in [-0.3, -0.25) is 0 Å². The van der Waals surface area contributed by atoms with Gasteiger partial charge >= 0.3 is 0 Å². The number of phenols is 1. The second kappa shape index (κ2) is 3.82. The van der Waals surface area contributed by atoms with Gasteiger partial charge in [0.25, 0.3) is 0 Å². The van der Waals surface area contributed by atoms with Gasteiger partial charge in [-0.25, -0.2) is 9.97 Å². The van der Waals surface area contributed by atoms with Gasteiger partial charge in [0.1, 0.15) is 17.1 Å². The minimum absolute atomic E-state index is 0.264. The molecular weight excluding hydrogens is 238 g/mol. The molecule has 2 aromatic heterocycles. The van der Waals surface area contributed by atoms with Crippen molar-refractivity contribution >= 4 is 11.2 Å². The average molecular weight is 251 g/mol. The monoisotopic (exact) mass is 251 g/mol. The van der Waals surface area contributed by atoms with Gasteiger partial charge in [0.15, 0.2) is 5.65 Å². The topological polar surface area (TPSA) is 50.9 Å². The molecule has 0 aliphatic heterocycles. The van der Waals surface area contributed by atoms with Gasteiger partial charge in [-0.05, 0) is 37.1 Å². The van der Waals surface area contributed by atoms with E-state index in [9.17, 15) is 5.11 Å². The van der Waals surface area contributed by atoms with Crippen molar-refractivity contribution < 1.29 is 5.11 Å². The number of rotatable bonds is 2. The van der Waals surface area contributed by atoms with Crippen molar-refractivity contribution in [2.75, 3.05) is 0 Å². The minimum atomic E-state index is 0.264. The number of fused-ring (bicyclic) bond motifs is 1. The van der Waals surface area contributed by atoms with Gasteiger partial charge < -0.3 is 9.67 Å². The molecule has 0 spiro atoms. The molecule has 4 nitrogen and oxygen atoms in total. The molecule has 1 aromatic carbocycles. The normalized spacial score (nSPS) is 14.9. The highest BCUT2D eigenvalue weighted by atomic mass is 16.3. The van der Waals surface area contributed by atoms with Crippen molar-refractivity contribution in [3.8, 4) is 17.1 Å². The number of aromatic hydroxyl groups is 1. The molecule has 1 N–H and O–H groups in total. The lowest BCUT2D eigenvalue weighted by atomic mass is 10.2. The first-order valence-corrected chi connectivity index (χ1v) is 6.45. The van der Waals surface area contributed by atoms with Gasteiger partial charge in [0, 0.05) is 17.8 Å². The summed E-state index contributed by atoms with van der Waals surface area (Å²) in [6, 6.07) is 11.6. The molecule has 1 aliphatic rings. The average Bonchev–Trinajstić information content (AvgIpc) is 3.18. The molecule has 0 bridgehead atoms. The van der Waals surface area contributed by atoms with E-state index in [2.05, 4.69) is 14.5 Å². The van der Waals surface area contributed by atoms with E-state index in [0.717, 1.165) is 22.6 Å². The molecule has 4 heteroatoms. The molecule has 0 radical (unpaired) electrons. The Balaban J connectivity index is 2.00. The summed E-state index contributed by atoms with van der Waals surface area (Å²) in [5.74, 6) is 1.16. The number of aromatic nitrogens is 3. The molecule has 94 valence electrons. The summed E-state index contributed by atoms with van der Waals surface area (Å²) in [5, 5.41) is 9.64. The molecule has 0 unspecified atom stereocenters. The molecule has 1 fully saturated rings. The van der Waals surface area contributed by atoms with Gasteiger partial charge in [0.05, 0.1) is 0 Å². The van der Waals surface area contributed by atoms with E-state index in [0.29, 0.717) is 6.04 Å². The van der Waals surface area contributed by atoms with Crippen molar-refractivity contribution in [3.05, 3.63) is 42.6 Å². The van der Waals surface area contributed by atoms with Crippen molar-refractivity contribution in [2.45, 2.75) is 18.9 Å². The maximum atomic E-state index is 9.64. The molecule has 4 rings (SSSR count). The van der Waals surface area contributed by atoms with Crippen LogP contribution in [0.2, 0.25) is 0 Å². The van der Waals surface area contributed by atoms with E-state index in [4.69, 9.17) is 0 Å². The van der Waals surface area contributed by atoms with E-state index >= 15 is 0 Å². The summed E-state index contributed by atoms with van der Waals surface area (Å²) in [6.07, 6.45) is 4.15. The Morgan fingerprint density at radius 1 is 1.16 bits per heavy atom. The first-order chi connectivity index (χ1) is 9.33. The second-order valence-electron chi connectivity index (χ2n) is 4.93. The summed E-state index contributed by atoms with van der Waals surface area (Å²) in [5.41, 5.74) is 2.78. The van der Waals surface area contributed by atoms with Crippen LogP contribution in [-0.2, 0) is 0 Å². The summed E-state index contributed by atoms with van der Waals surface area (Å²) in [6.45, 7) is 0. The zero-order chi connectivity index (χ0) is 12.8. The minimum Gasteiger partial charge on any atom is -0.508 e. The van der Waals surface area contributed by atoms with E-state index < -0.39 is 0 Å². The van der Waals surface area contributed by atoms with Crippen LogP contribution in [0.4, 0.5) is 0 Å². The Morgan fingerprint density at radius 3 is 2.84 bits per heavy atom. The maximum absolute atomic E-state index is 9.64. The van der Waals surface area contributed by atoms with Crippen LogP contribution in [0, 0.1) is 0 Å². The van der Waals surface area contributed by atoms with Gasteiger partial charge in [-0.15, -0.1) is 0 Å². The number of imidazole rings is 1. The number of pyridine rings is 1. The predicted octanol–water partition coefficient (Wildman–Crippen LogP) is 3.14. The summed E-state index contributed by atoms with van der Waals surface area (Å²) in [4.78, 5) is 9.12. The highest BCUT2D eigenvalue weighted by Gasteiger charge is 2.29. The molecular formula is C15H13N3O. The SMILES string of the molecule is Oc1cccc(-c2nc3cccnc3n2C2CC2)c1. The van der Waals surface area contributed by atoms with E-state index in [1.807, 2.05) is 24.3 Å². The lowest BCUT2D eigenvalue weighted by Gasteiger charge is -2.07. The fraction of sp³-hybridized carbons (Fsp3) is 0.200. The third-order valence-corrected chi connectivity index (χ3v) is 3.47. The third-order valence-electron chi connectivity index (χ3n) is 3.47. The fourth-order valence-corrected chi connectivity index (χ4v) is 2.46. The number of phenolic OH excluding ortho intramolecular Hbond substituents is 1. The zero-order valence-corrected chi connectivity index (χ0v) is 10.3. The van der Waals surface area contributed by atoms with Crippen molar-refractivity contribution in [3.63, 3.8) is 0 Å². The summed E-state index contributed by atoms with van der Waals surface area (Å²) < 4.78 is 2.20. The van der Waals surface area contributed by atoms with Gasteiger partial charge in [-0.1, -0.05) is 12.1 Å². The molecule has 1 aliphatic carbocycles. The Bertz CT molecular complexity index is 759. The Morgan fingerprint density at radius 2 is 2.05 bits per heavy atom. The lowest BCUT2D eigenvalue weighted by Crippen LogP contribution is -1.98. The molecule has 19 heavy (non-hydrogen) atoms. The Kier molecular flexibility index (Phi) is 2.12. The van der Waals surface area contributed by atoms with Crippen LogP contribution >= 0.6 is 0 Å². The van der Waals surface area contributed by atoms with Crippen LogP contribution in [0.25, 0.3) is 22.6 Å². The van der Waals surface area contributed by atoms with E-state index in [1.165, 1.54) is 12.8 Å². The van der Waals surface area contributed by atoms with Crippen LogP contribution in [-0.4, -0.2) is 19.6 Å². The molecule has 0 atom stereocenters. The zero-order valence-electron chi connectivity index (χ0n) is 10.3. The highest BCUT2D eigenvalue weighted by molar-refractivity contribution is 5.77. The summed E-state index contributed by atoms with van der Waals surface area (Å²) >= 11 is 0. The van der Waals surface area contributed by atoms with Crippen LogP contribution < -0.4 is 0 Å². The largest absolute Gasteiger partial charge is 0.508 e. The van der Waals surface area contributed by atoms with Crippen molar-refractivity contribution in [1.82, 2.24) is 14.5 Å². The van der Waals surface area contributed by atoms with E-state index in [1.54, 1.807) is 18.3 Å². The molecule has 2 heterocycles. The van der Waals surface area contributed by atoms with Crippen LogP contribution in [0.5, 0.6) is 5.75 Å². The standard InChI is InChI=1S/C15H13N3O/c19-12-4-1-3-10(9-12)14-17-13-5-2-8-16-15(13)18(14)11-6-7-11/h1-5,8-9,11,19H,6-7H2. The Labute approximate surface area is 110 Å². The molecule has 0 saturated heterocycles. The lowest BCUT2D eigenvalue weighted by molar-refractivity contribution is 0.475. The van der Waals surface area contributed by atoms with Gasteiger partial charge in [0.2, 0.25) is 0 Å². The molecule has 1 saturated carbocycles. The highest BCUT2D eigenvalue weighted by Crippen LogP contribution is 2.40. The van der Waals surface area contributed by atoms with Gasteiger partial charge in [-0.2, -0.15) is 0 Å². The number of hydrogen-bond acceptors (Lipinski definition) is 3. The number of benzene rings is 1. The summed E-state index contributed by atoms with van der Waals surface area (Å²) in [7, 11) is 0. The second-order valence-corrected chi connectivity index (χ2v) is 4.93. The first-order valence-electron chi connectivity index (χ1n) is 6.45. The fourth-order valence-electron chi connectivity index (χ4n) is 2.46. The van der Waals surface area contributed by atoms with Crippen LogP contribution in [0.3, 0.4) is 0 Å². The quantitative estimate of drug-likeness (QED) is 0.761. The Hall–Kier alpha value is -2.36. The van der Waals surface area contributed by atoms with Crippen LogP contribution in [0.1, 0.15) is 18.9 Å². The van der Waals surface area contributed by atoms with Crippen molar-refractivity contribution in [1.29, 1.82) is 0 Å².